The summed E-state index contributed by atoms with van der Waals surface area (Å²) < 4.78 is 22.0. The molecule has 1 rings (SSSR count). The molecule has 16 heavy (non-hydrogen) atoms. The van der Waals surface area contributed by atoms with Gasteiger partial charge in [0.15, 0.2) is 0 Å². The fraction of sp³-hybridized carbons (Fsp3) is 0.333. The van der Waals surface area contributed by atoms with Gasteiger partial charge in [-0.1, -0.05) is 0 Å². The number of nitrogens with zero attached hydrogens (tertiary/aromatic N) is 2. The van der Waals surface area contributed by atoms with Crippen molar-refractivity contribution < 1.29 is 8.42 Å². The number of hydrogen-bond acceptors (Lipinski definition) is 7. The largest absolute Gasteiger partial charge is 0.368 e. The number of hydrazine groups is 1. The van der Waals surface area contributed by atoms with Crippen LogP contribution >= 0.6 is 15.9 Å². The predicted molar refractivity (Wildman–Crippen MR) is 64.0 cm³/mol. The number of nitrogen functional groups attached to an aromatic ring is 1. The Morgan fingerprint density at radius 2 is 2.19 bits per heavy atom. The van der Waals surface area contributed by atoms with E-state index in [9.17, 15) is 8.42 Å². The van der Waals surface area contributed by atoms with Gasteiger partial charge >= 0.3 is 0 Å². The summed E-state index contributed by atoms with van der Waals surface area (Å²) in [5.41, 5.74) is 2.28. The summed E-state index contributed by atoms with van der Waals surface area (Å²) in [6.45, 7) is 0.151. The van der Waals surface area contributed by atoms with Gasteiger partial charge in [-0.05, 0) is 15.9 Å². The molecule has 90 valence electrons. The predicted octanol–water partition coefficient (Wildman–Crippen LogP) is -0.775. The highest BCUT2D eigenvalue weighted by Gasteiger charge is 2.06. The topological polar surface area (TPSA) is 136 Å². The monoisotopic (exact) mass is 310 g/mol. The van der Waals surface area contributed by atoms with Crippen molar-refractivity contribution in [2.45, 2.75) is 0 Å². The molecule has 0 bridgehead atoms. The summed E-state index contributed by atoms with van der Waals surface area (Å²) in [5.74, 6) is 5.61. The van der Waals surface area contributed by atoms with Gasteiger partial charge < -0.3 is 5.32 Å². The first kappa shape index (κ1) is 13.1. The van der Waals surface area contributed by atoms with Gasteiger partial charge in [-0.2, -0.15) is 4.98 Å². The van der Waals surface area contributed by atoms with Gasteiger partial charge in [0, 0.05) is 12.7 Å². The van der Waals surface area contributed by atoms with Gasteiger partial charge in [-0.3, -0.25) is 5.43 Å². The van der Waals surface area contributed by atoms with E-state index < -0.39 is 10.0 Å². The third kappa shape index (κ3) is 4.26. The first-order valence-corrected chi connectivity index (χ1v) is 6.67. The van der Waals surface area contributed by atoms with Gasteiger partial charge in [0.25, 0.3) is 0 Å². The average Bonchev–Trinajstić information content (AvgIpc) is 2.19. The molecule has 0 aliphatic heterocycles. The number of primary sulfonamides is 1. The van der Waals surface area contributed by atoms with Gasteiger partial charge in [0.1, 0.15) is 5.82 Å². The average molecular weight is 311 g/mol. The number of aromatic nitrogens is 2. The van der Waals surface area contributed by atoms with Crippen LogP contribution in [0.15, 0.2) is 10.7 Å². The van der Waals surface area contributed by atoms with E-state index in [0.29, 0.717) is 10.3 Å². The minimum absolute atomic E-state index is 0.151. The number of rotatable bonds is 5. The summed E-state index contributed by atoms with van der Waals surface area (Å²) in [6, 6.07) is 0. The van der Waals surface area contributed by atoms with Crippen LogP contribution in [0.2, 0.25) is 0 Å². The quantitative estimate of drug-likeness (QED) is 0.414. The van der Waals surface area contributed by atoms with E-state index in [1.165, 1.54) is 6.20 Å². The molecule has 0 aliphatic rings. The van der Waals surface area contributed by atoms with E-state index in [0.717, 1.165) is 0 Å². The van der Waals surface area contributed by atoms with Crippen LogP contribution in [0.5, 0.6) is 0 Å². The van der Waals surface area contributed by atoms with Crippen molar-refractivity contribution in [3.8, 4) is 0 Å². The molecule has 10 heteroatoms. The van der Waals surface area contributed by atoms with Crippen LogP contribution < -0.4 is 21.7 Å². The Bertz CT molecular complexity index is 464. The lowest BCUT2D eigenvalue weighted by molar-refractivity contribution is 0.598. The molecule has 0 fully saturated rings. The normalized spacial score (nSPS) is 11.2. The molecule has 0 saturated carbocycles. The third-order valence-electron chi connectivity index (χ3n) is 1.55. The number of halogens is 1. The van der Waals surface area contributed by atoms with Gasteiger partial charge in [-0.25, -0.2) is 24.4 Å². The molecule has 0 unspecified atom stereocenters. The van der Waals surface area contributed by atoms with Gasteiger partial charge in [0.2, 0.25) is 16.0 Å². The Balaban J connectivity index is 2.66. The Morgan fingerprint density at radius 1 is 1.50 bits per heavy atom. The zero-order valence-corrected chi connectivity index (χ0v) is 10.5. The van der Waals surface area contributed by atoms with Crippen molar-refractivity contribution in [3.05, 3.63) is 10.7 Å². The summed E-state index contributed by atoms with van der Waals surface area (Å²) in [4.78, 5) is 7.81. The van der Waals surface area contributed by atoms with E-state index in [4.69, 9.17) is 11.0 Å². The van der Waals surface area contributed by atoms with E-state index in [-0.39, 0.29) is 18.2 Å². The summed E-state index contributed by atoms with van der Waals surface area (Å²) >= 11 is 3.20. The number of hydrogen-bond donors (Lipinski definition) is 4. The highest BCUT2D eigenvalue weighted by atomic mass is 79.9. The molecule has 0 aromatic carbocycles. The maximum absolute atomic E-state index is 10.7. The minimum atomic E-state index is -3.48. The molecule has 1 aromatic heterocycles. The first-order valence-electron chi connectivity index (χ1n) is 4.16. The number of sulfonamides is 1. The van der Waals surface area contributed by atoms with E-state index in [2.05, 4.69) is 36.6 Å². The van der Waals surface area contributed by atoms with E-state index in [1.807, 2.05) is 0 Å². The third-order valence-corrected chi connectivity index (χ3v) is 2.91. The number of anilines is 2. The molecule has 0 aliphatic carbocycles. The molecule has 0 radical (unpaired) electrons. The highest BCUT2D eigenvalue weighted by Crippen LogP contribution is 2.19. The zero-order chi connectivity index (χ0) is 12.2. The first-order chi connectivity index (χ1) is 7.42. The Hall–Kier alpha value is -0.970. The van der Waals surface area contributed by atoms with Crippen LogP contribution in [0.4, 0.5) is 11.8 Å². The maximum Gasteiger partial charge on any atom is 0.239 e. The molecule has 1 aromatic rings. The van der Waals surface area contributed by atoms with Crippen molar-refractivity contribution in [2.24, 2.45) is 11.0 Å². The molecule has 1 heterocycles. The van der Waals surface area contributed by atoms with Crippen molar-refractivity contribution in [1.82, 2.24) is 9.97 Å². The maximum atomic E-state index is 10.7. The molecule has 6 N–H and O–H groups in total. The summed E-state index contributed by atoms with van der Waals surface area (Å²) in [7, 11) is -3.48. The van der Waals surface area contributed by atoms with Crippen LogP contribution in [-0.2, 0) is 10.0 Å². The SMILES string of the molecule is NNc1ncc(Br)c(NCCS(N)(=O)=O)n1. The molecular weight excluding hydrogens is 300 g/mol. The second-order valence-corrected chi connectivity index (χ2v) is 5.42. The van der Waals surface area contributed by atoms with Crippen molar-refractivity contribution in [1.29, 1.82) is 0 Å². The highest BCUT2D eigenvalue weighted by molar-refractivity contribution is 9.10. The fourth-order valence-electron chi connectivity index (χ4n) is 0.872. The van der Waals surface area contributed by atoms with Crippen LogP contribution in [0.25, 0.3) is 0 Å². The second-order valence-electron chi connectivity index (χ2n) is 2.83. The standard InChI is InChI=1S/C6H11BrN6O2S/c7-4-3-11-6(13-8)12-5(4)10-1-2-16(9,14)15/h3H,1-2,8H2,(H2,9,14,15)(H2,10,11,12,13). The number of nitrogens with one attached hydrogen (secondary N) is 2. The summed E-state index contributed by atoms with van der Waals surface area (Å²) in [5, 5.41) is 7.64. The van der Waals surface area contributed by atoms with Gasteiger partial charge in [0.05, 0.1) is 10.2 Å². The lowest BCUT2D eigenvalue weighted by Crippen LogP contribution is -2.23. The second kappa shape index (κ2) is 5.39. The lowest BCUT2D eigenvalue weighted by Gasteiger charge is -2.07. The molecule has 0 atom stereocenters. The minimum Gasteiger partial charge on any atom is -0.368 e. The molecule has 0 saturated heterocycles. The van der Waals surface area contributed by atoms with E-state index in [1.54, 1.807) is 0 Å². The zero-order valence-electron chi connectivity index (χ0n) is 8.14. The molecule has 0 spiro atoms. The molecular formula is C6H11BrN6O2S. The lowest BCUT2D eigenvalue weighted by atomic mass is 10.5. The summed E-state index contributed by atoms with van der Waals surface area (Å²) in [6.07, 6.45) is 1.49. The Morgan fingerprint density at radius 3 is 2.75 bits per heavy atom. The van der Waals surface area contributed by atoms with Crippen molar-refractivity contribution in [2.75, 3.05) is 23.0 Å². The van der Waals surface area contributed by atoms with Crippen molar-refractivity contribution >= 4 is 37.7 Å². The van der Waals surface area contributed by atoms with Gasteiger partial charge in [-0.15, -0.1) is 0 Å². The van der Waals surface area contributed by atoms with Crippen LogP contribution in [-0.4, -0.2) is 30.7 Å². The molecule has 0 amide bonds. The number of nitrogens with two attached hydrogens (primary N) is 2. The Labute approximate surface area is 101 Å². The van der Waals surface area contributed by atoms with Crippen LogP contribution in [0.3, 0.4) is 0 Å². The smallest absolute Gasteiger partial charge is 0.239 e. The van der Waals surface area contributed by atoms with Crippen molar-refractivity contribution in [3.63, 3.8) is 0 Å². The Kier molecular flexibility index (Phi) is 4.41. The fourth-order valence-corrected chi connectivity index (χ4v) is 1.59. The van der Waals surface area contributed by atoms with Crippen LogP contribution in [0.1, 0.15) is 0 Å². The molecule has 8 nitrogen and oxygen atoms in total. The van der Waals surface area contributed by atoms with E-state index >= 15 is 0 Å². The van der Waals surface area contributed by atoms with Crippen LogP contribution in [0, 0.1) is 0 Å².